The molecule has 5 aliphatic rings. The van der Waals surface area contributed by atoms with Gasteiger partial charge in [0.2, 0.25) is 0 Å². The summed E-state index contributed by atoms with van der Waals surface area (Å²) in [5.74, 6) is 0.518. The van der Waals surface area contributed by atoms with Gasteiger partial charge in [0, 0.05) is 31.5 Å². The maximum Gasteiger partial charge on any atom is 0.276 e. The van der Waals surface area contributed by atoms with Crippen LogP contribution >= 0.6 is 0 Å². The van der Waals surface area contributed by atoms with Crippen molar-refractivity contribution >= 4 is 5.91 Å². The molecule has 0 aliphatic carbocycles. The molecular formula is C22H29N7O2. The van der Waals surface area contributed by atoms with Crippen LogP contribution in [0.2, 0.25) is 0 Å². The van der Waals surface area contributed by atoms with Gasteiger partial charge in [0.15, 0.2) is 0 Å². The third-order valence-electron chi connectivity index (χ3n) is 6.02. The van der Waals surface area contributed by atoms with E-state index in [-0.39, 0.29) is 24.3 Å². The van der Waals surface area contributed by atoms with E-state index in [9.17, 15) is 4.79 Å². The molecule has 9 nitrogen and oxygen atoms in total. The number of carbonyl (C=O) groups excluding carboxylic acids is 1. The van der Waals surface area contributed by atoms with E-state index in [0.29, 0.717) is 11.5 Å². The number of dihydropyridines is 2. The fraction of sp³-hybridized carbons (Fsp3) is 0.409. The lowest BCUT2D eigenvalue weighted by atomic mass is 10.0. The molecule has 1 saturated heterocycles. The molecule has 5 aliphatic heterocycles. The van der Waals surface area contributed by atoms with Crippen molar-refractivity contribution in [1.29, 1.82) is 0 Å². The molecule has 0 bridgehead atoms. The molecule has 164 valence electrons. The minimum absolute atomic E-state index is 0.00273. The minimum Gasteiger partial charge on any atom is -0.385 e. The first kappa shape index (κ1) is 19.9. The first-order valence-electron chi connectivity index (χ1n) is 10.8. The summed E-state index contributed by atoms with van der Waals surface area (Å²) < 4.78 is 5.44. The maximum absolute atomic E-state index is 13.1. The van der Waals surface area contributed by atoms with Crippen LogP contribution in [-0.2, 0) is 9.53 Å². The Hall–Kier alpha value is -3.01. The number of morpholine rings is 1. The Morgan fingerprint density at radius 1 is 1.19 bits per heavy atom. The minimum atomic E-state index is -0.172. The molecule has 0 spiro atoms. The second-order valence-corrected chi connectivity index (χ2v) is 8.02. The van der Waals surface area contributed by atoms with Crippen molar-refractivity contribution in [1.82, 2.24) is 36.6 Å². The van der Waals surface area contributed by atoms with E-state index in [1.807, 2.05) is 17.2 Å². The highest BCUT2D eigenvalue weighted by Crippen LogP contribution is 2.23. The second kappa shape index (κ2) is 8.62. The molecule has 0 saturated carbocycles. The number of nitrogens with zero attached hydrogens (tertiary/aromatic N) is 2. The predicted octanol–water partition coefficient (Wildman–Crippen LogP) is -0.289. The molecule has 1 amide bonds. The number of hydrogen-bond acceptors (Lipinski definition) is 8. The number of hydrazine groups is 1. The van der Waals surface area contributed by atoms with Crippen molar-refractivity contribution in [2.45, 2.75) is 25.3 Å². The standard InChI is InChI=1S/C22H29N7O2/c1-15-16(4-3-9-23-15)17-7-8-20-24-14-18(29(20)27-17)22(30)26-19-5-2-6-21(25-19)28-10-12-31-13-11-28/h2-8,14,17,20-21,23-25,27H,9-13H2,1H3,(H,26,30). The van der Waals surface area contributed by atoms with E-state index < -0.39 is 0 Å². The number of allylic oxidation sites excluding steroid dienone is 3. The fourth-order valence-electron chi connectivity index (χ4n) is 4.31. The Kier molecular flexibility index (Phi) is 5.54. The van der Waals surface area contributed by atoms with E-state index in [2.05, 4.69) is 68.9 Å². The van der Waals surface area contributed by atoms with Crippen LogP contribution in [0.4, 0.5) is 0 Å². The van der Waals surface area contributed by atoms with Gasteiger partial charge in [-0.1, -0.05) is 24.3 Å². The van der Waals surface area contributed by atoms with E-state index >= 15 is 0 Å². The van der Waals surface area contributed by atoms with Crippen molar-refractivity contribution in [2.75, 3.05) is 32.8 Å². The molecule has 0 aromatic carbocycles. The number of fused-ring (bicyclic) bond motifs is 1. The normalized spacial score (nSPS) is 30.1. The average molecular weight is 424 g/mol. The summed E-state index contributed by atoms with van der Waals surface area (Å²) in [6.07, 6.45) is 16.1. The van der Waals surface area contributed by atoms with Crippen LogP contribution in [0.3, 0.4) is 0 Å². The topological polar surface area (TPSA) is 92.9 Å². The SMILES string of the molecule is CC1=C(C2C=CC3NC=C(C(=O)NC4=CC=CC(N5CCOCC5)N4)N3N2)C=CCN1. The highest BCUT2D eigenvalue weighted by Gasteiger charge is 2.34. The summed E-state index contributed by atoms with van der Waals surface area (Å²) in [6.45, 7) is 6.11. The number of amides is 1. The van der Waals surface area contributed by atoms with Crippen LogP contribution in [0.25, 0.3) is 0 Å². The van der Waals surface area contributed by atoms with Gasteiger partial charge in [-0.15, -0.1) is 0 Å². The molecule has 5 rings (SSSR count). The van der Waals surface area contributed by atoms with E-state index in [1.54, 1.807) is 6.20 Å². The van der Waals surface area contributed by atoms with Gasteiger partial charge in [-0.3, -0.25) is 14.7 Å². The van der Waals surface area contributed by atoms with Crippen LogP contribution in [-0.4, -0.2) is 67.0 Å². The van der Waals surface area contributed by atoms with Crippen LogP contribution in [0.5, 0.6) is 0 Å². The van der Waals surface area contributed by atoms with Gasteiger partial charge in [-0.2, -0.15) is 0 Å². The zero-order valence-electron chi connectivity index (χ0n) is 17.6. The monoisotopic (exact) mass is 423 g/mol. The Bertz CT molecular complexity index is 911. The highest BCUT2D eigenvalue weighted by molar-refractivity contribution is 5.94. The Morgan fingerprint density at radius 3 is 2.90 bits per heavy atom. The third kappa shape index (κ3) is 4.12. The number of ether oxygens (including phenoxy) is 1. The van der Waals surface area contributed by atoms with Crippen molar-refractivity contribution < 1.29 is 9.53 Å². The molecule has 0 aromatic rings. The van der Waals surface area contributed by atoms with E-state index in [0.717, 1.165) is 38.5 Å². The van der Waals surface area contributed by atoms with Crippen molar-refractivity contribution in [3.63, 3.8) is 0 Å². The van der Waals surface area contributed by atoms with Crippen molar-refractivity contribution in [3.05, 3.63) is 71.5 Å². The summed E-state index contributed by atoms with van der Waals surface area (Å²) >= 11 is 0. The summed E-state index contributed by atoms with van der Waals surface area (Å²) in [6, 6.07) is -0.00273. The molecule has 5 heterocycles. The zero-order chi connectivity index (χ0) is 21.2. The average Bonchev–Trinajstić information content (AvgIpc) is 3.24. The third-order valence-corrected chi connectivity index (χ3v) is 6.02. The first-order chi connectivity index (χ1) is 15.2. The molecule has 9 heteroatoms. The molecule has 5 N–H and O–H groups in total. The predicted molar refractivity (Wildman–Crippen MR) is 117 cm³/mol. The largest absolute Gasteiger partial charge is 0.385 e. The highest BCUT2D eigenvalue weighted by atomic mass is 16.5. The molecule has 0 radical (unpaired) electrons. The molecule has 31 heavy (non-hydrogen) atoms. The Morgan fingerprint density at radius 2 is 2.06 bits per heavy atom. The Labute approximate surface area is 182 Å². The lowest BCUT2D eigenvalue weighted by Gasteiger charge is -2.37. The Balaban J connectivity index is 1.23. The van der Waals surface area contributed by atoms with Crippen molar-refractivity contribution in [2.24, 2.45) is 0 Å². The van der Waals surface area contributed by atoms with Gasteiger partial charge >= 0.3 is 0 Å². The van der Waals surface area contributed by atoms with Crippen LogP contribution in [0, 0.1) is 0 Å². The molecule has 3 atom stereocenters. The smallest absolute Gasteiger partial charge is 0.276 e. The quantitative estimate of drug-likeness (QED) is 0.394. The summed E-state index contributed by atoms with van der Waals surface area (Å²) in [7, 11) is 0. The van der Waals surface area contributed by atoms with Crippen molar-refractivity contribution in [3.8, 4) is 0 Å². The lowest BCUT2D eigenvalue weighted by molar-refractivity contribution is -0.119. The number of nitrogens with one attached hydrogen (secondary N) is 5. The maximum atomic E-state index is 13.1. The van der Waals surface area contributed by atoms with Crippen LogP contribution in [0.1, 0.15) is 6.92 Å². The van der Waals surface area contributed by atoms with E-state index in [1.165, 1.54) is 5.57 Å². The summed E-state index contributed by atoms with van der Waals surface area (Å²) in [5.41, 5.74) is 6.33. The van der Waals surface area contributed by atoms with Gasteiger partial charge in [-0.25, -0.2) is 5.43 Å². The van der Waals surface area contributed by atoms with Gasteiger partial charge in [0.05, 0.1) is 19.3 Å². The number of hydrogen-bond donors (Lipinski definition) is 5. The summed E-state index contributed by atoms with van der Waals surface area (Å²) in [4.78, 5) is 15.4. The van der Waals surface area contributed by atoms with Gasteiger partial charge in [0.25, 0.3) is 5.91 Å². The van der Waals surface area contributed by atoms with E-state index in [4.69, 9.17) is 4.74 Å². The van der Waals surface area contributed by atoms with Gasteiger partial charge < -0.3 is 26.0 Å². The first-order valence-corrected chi connectivity index (χ1v) is 10.8. The zero-order valence-corrected chi connectivity index (χ0v) is 17.6. The summed E-state index contributed by atoms with van der Waals surface area (Å²) in [5, 5.41) is 14.9. The number of rotatable bonds is 4. The molecular weight excluding hydrogens is 394 g/mol. The second-order valence-electron chi connectivity index (χ2n) is 8.02. The number of carbonyl (C=O) groups is 1. The molecule has 1 fully saturated rings. The van der Waals surface area contributed by atoms with Gasteiger partial charge in [-0.05, 0) is 30.7 Å². The van der Waals surface area contributed by atoms with Crippen LogP contribution in [0.15, 0.2) is 71.5 Å². The lowest BCUT2D eigenvalue weighted by Crippen LogP contribution is -2.55. The fourth-order valence-corrected chi connectivity index (χ4v) is 4.31. The molecule has 0 aromatic heterocycles. The van der Waals surface area contributed by atoms with Gasteiger partial charge in [0.1, 0.15) is 23.8 Å². The molecule has 3 unspecified atom stereocenters. The van der Waals surface area contributed by atoms with Crippen LogP contribution < -0.4 is 26.7 Å².